The van der Waals surface area contributed by atoms with Gasteiger partial charge in [0.25, 0.3) is 0 Å². The maximum Gasteiger partial charge on any atom is 0.0691 e. The number of nitrogens with zero attached hydrogens (tertiary/aromatic N) is 1. The Kier molecular flexibility index (Phi) is 4.35. The van der Waals surface area contributed by atoms with Gasteiger partial charge < -0.3 is 4.74 Å². The number of ether oxygens (including phenoxy) is 1. The van der Waals surface area contributed by atoms with E-state index in [1.165, 1.54) is 50.6 Å². The lowest BCUT2D eigenvalue weighted by Gasteiger charge is -2.46. The van der Waals surface area contributed by atoms with Gasteiger partial charge in [0.2, 0.25) is 0 Å². The first-order valence-electron chi connectivity index (χ1n) is 8.70. The molecule has 1 aromatic rings. The largest absolute Gasteiger partial charge is 0.375 e. The molecule has 2 fully saturated rings. The SMILES string of the molecule is CC(C)CC[C@]1(c2ccccn2)CCOC2(CCCC2)C1. The van der Waals surface area contributed by atoms with Crippen LogP contribution in [0, 0.1) is 5.92 Å². The summed E-state index contributed by atoms with van der Waals surface area (Å²) in [6, 6.07) is 6.43. The highest BCUT2D eigenvalue weighted by Crippen LogP contribution is 2.50. The van der Waals surface area contributed by atoms with Crippen LogP contribution in [0.15, 0.2) is 24.4 Å². The standard InChI is InChI=1S/C19H29NO/c1-16(2)8-11-18(17-7-3-6-13-20-17)12-14-21-19(15-18)9-4-5-10-19/h3,6-7,13,16H,4-5,8-12,14-15H2,1-2H3/t18-/m0/s1. The van der Waals surface area contributed by atoms with Crippen LogP contribution in [0.2, 0.25) is 0 Å². The predicted octanol–water partition coefficient (Wildman–Crippen LogP) is 4.88. The fourth-order valence-corrected chi connectivity index (χ4v) is 4.36. The van der Waals surface area contributed by atoms with E-state index >= 15 is 0 Å². The smallest absolute Gasteiger partial charge is 0.0691 e. The Labute approximate surface area is 129 Å². The monoisotopic (exact) mass is 287 g/mol. The van der Waals surface area contributed by atoms with Crippen LogP contribution < -0.4 is 0 Å². The van der Waals surface area contributed by atoms with E-state index in [1.54, 1.807) is 0 Å². The van der Waals surface area contributed by atoms with Gasteiger partial charge in [0.15, 0.2) is 0 Å². The second-order valence-electron chi connectivity index (χ2n) is 7.59. The Balaban J connectivity index is 1.88. The average molecular weight is 287 g/mol. The van der Waals surface area contributed by atoms with E-state index in [1.807, 2.05) is 12.3 Å². The van der Waals surface area contributed by atoms with Crippen LogP contribution in [-0.4, -0.2) is 17.2 Å². The van der Waals surface area contributed by atoms with Crippen molar-refractivity contribution < 1.29 is 4.74 Å². The number of hydrogen-bond acceptors (Lipinski definition) is 2. The van der Waals surface area contributed by atoms with Crippen molar-refractivity contribution in [3.63, 3.8) is 0 Å². The van der Waals surface area contributed by atoms with Crippen LogP contribution in [0.1, 0.15) is 70.9 Å². The summed E-state index contributed by atoms with van der Waals surface area (Å²) in [7, 11) is 0. The maximum atomic E-state index is 6.28. The second kappa shape index (κ2) is 6.08. The number of aromatic nitrogens is 1. The van der Waals surface area contributed by atoms with Gasteiger partial charge in [0.1, 0.15) is 0 Å². The predicted molar refractivity (Wildman–Crippen MR) is 86.4 cm³/mol. The lowest BCUT2D eigenvalue weighted by Crippen LogP contribution is -2.46. The zero-order valence-corrected chi connectivity index (χ0v) is 13.6. The second-order valence-corrected chi connectivity index (χ2v) is 7.59. The molecule has 2 heterocycles. The lowest BCUT2D eigenvalue weighted by atomic mass is 9.67. The third-order valence-electron chi connectivity index (χ3n) is 5.57. The first kappa shape index (κ1) is 15.0. The molecule has 1 spiro atoms. The molecule has 2 nitrogen and oxygen atoms in total. The summed E-state index contributed by atoms with van der Waals surface area (Å²) >= 11 is 0. The van der Waals surface area contributed by atoms with Crippen LogP contribution in [0.25, 0.3) is 0 Å². The first-order chi connectivity index (χ1) is 10.1. The third-order valence-corrected chi connectivity index (χ3v) is 5.57. The van der Waals surface area contributed by atoms with Gasteiger partial charge in [0.05, 0.1) is 5.60 Å². The molecule has 0 radical (unpaired) electrons. The van der Waals surface area contributed by atoms with Crippen LogP contribution in [0.4, 0.5) is 0 Å². The number of hydrogen-bond donors (Lipinski definition) is 0. The summed E-state index contributed by atoms with van der Waals surface area (Å²) in [6.45, 7) is 5.57. The molecule has 1 saturated heterocycles. The summed E-state index contributed by atoms with van der Waals surface area (Å²) in [5.74, 6) is 0.757. The highest BCUT2D eigenvalue weighted by molar-refractivity contribution is 5.20. The molecule has 1 aliphatic heterocycles. The topological polar surface area (TPSA) is 22.1 Å². The van der Waals surface area contributed by atoms with Crippen molar-refractivity contribution >= 4 is 0 Å². The molecule has 1 aliphatic carbocycles. The van der Waals surface area contributed by atoms with Crippen molar-refractivity contribution in [1.29, 1.82) is 0 Å². The molecule has 1 atom stereocenters. The van der Waals surface area contributed by atoms with Gasteiger partial charge in [-0.15, -0.1) is 0 Å². The quantitative estimate of drug-likeness (QED) is 0.787. The van der Waals surface area contributed by atoms with Gasteiger partial charge in [-0.05, 0) is 50.2 Å². The van der Waals surface area contributed by atoms with E-state index in [4.69, 9.17) is 9.72 Å². The molecule has 0 bridgehead atoms. The van der Waals surface area contributed by atoms with Crippen LogP contribution in [0.5, 0.6) is 0 Å². The average Bonchev–Trinajstić information content (AvgIpc) is 2.94. The molecule has 2 heteroatoms. The number of pyridine rings is 1. The summed E-state index contributed by atoms with van der Waals surface area (Å²) in [4.78, 5) is 4.75. The van der Waals surface area contributed by atoms with E-state index in [9.17, 15) is 0 Å². The van der Waals surface area contributed by atoms with Crippen molar-refractivity contribution in [2.24, 2.45) is 5.92 Å². The van der Waals surface area contributed by atoms with Crippen molar-refractivity contribution in [3.05, 3.63) is 30.1 Å². The molecule has 0 unspecified atom stereocenters. The summed E-state index contributed by atoms with van der Waals surface area (Å²) < 4.78 is 6.28. The summed E-state index contributed by atoms with van der Waals surface area (Å²) in [5, 5.41) is 0. The van der Waals surface area contributed by atoms with Crippen molar-refractivity contribution in [2.45, 2.75) is 76.2 Å². The molecule has 116 valence electrons. The highest BCUT2D eigenvalue weighted by Gasteiger charge is 2.48. The minimum atomic E-state index is 0.159. The lowest BCUT2D eigenvalue weighted by molar-refractivity contribution is -0.105. The Morgan fingerprint density at radius 3 is 2.67 bits per heavy atom. The van der Waals surface area contributed by atoms with E-state index in [2.05, 4.69) is 26.0 Å². The van der Waals surface area contributed by atoms with E-state index in [0.717, 1.165) is 18.9 Å². The third kappa shape index (κ3) is 3.15. The van der Waals surface area contributed by atoms with Gasteiger partial charge in [-0.25, -0.2) is 0 Å². The maximum absolute atomic E-state index is 6.28. The van der Waals surface area contributed by atoms with E-state index in [0.29, 0.717) is 0 Å². The molecular weight excluding hydrogens is 258 g/mol. The van der Waals surface area contributed by atoms with Gasteiger partial charge in [-0.2, -0.15) is 0 Å². The number of rotatable bonds is 4. The summed E-state index contributed by atoms with van der Waals surface area (Å²) in [6.07, 6.45) is 12.0. The van der Waals surface area contributed by atoms with Crippen LogP contribution in [0.3, 0.4) is 0 Å². The van der Waals surface area contributed by atoms with E-state index in [-0.39, 0.29) is 11.0 Å². The molecular formula is C19H29NO. The fourth-order valence-electron chi connectivity index (χ4n) is 4.36. The van der Waals surface area contributed by atoms with Gasteiger partial charge in [-0.3, -0.25) is 4.98 Å². The molecule has 21 heavy (non-hydrogen) atoms. The zero-order valence-electron chi connectivity index (χ0n) is 13.6. The van der Waals surface area contributed by atoms with Gasteiger partial charge in [0, 0.05) is 23.9 Å². The normalized spacial score (nSPS) is 28.3. The summed E-state index contributed by atoms with van der Waals surface area (Å²) in [5.41, 5.74) is 1.71. The van der Waals surface area contributed by atoms with Crippen molar-refractivity contribution in [2.75, 3.05) is 6.61 Å². The highest BCUT2D eigenvalue weighted by atomic mass is 16.5. The van der Waals surface area contributed by atoms with E-state index < -0.39 is 0 Å². The minimum absolute atomic E-state index is 0.159. The zero-order chi connectivity index (χ0) is 14.8. The molecule has 0 aromatic carbocycles. The Morgan fingerprint density at radius 2 is 2.00 bits per heavy atom. The fraction of sp³-hybridized carbons (Fsp3) is 0.737. The van der Waals surface area contributed by atoms with Crippen molar-refractivity contribution in [3.8, 4) is 0 Å². The van der Waals surface area contributed by atoms with Crippen LogP contribution >= 0.6 is 0 Å². The van der Waals surface area contributed by atoms with Gasteiger partial charge >= 0.3 is 0 Å². The Morgan fingerprint density at radius 1 is 1.19 bits per heavy atom. The molecule has 1 aromatic heterocycles. The Bertz CT molecular complexity index is 450. The molecule has 3 rings (SSSR count). The Hall–Kier alpha value is -0.890. The molecule has 0 amide bonds. The minimum Gasteiger partial charge on any atom is -0.375 e. The molecule has 1 saturated carbocycles. The van der Waals surface area contributed by atoms with Gasteiger partial charge in [-0.1, -0.05) is 39.2 Å². The molecule has 2 aliphatic rings. The first-order valence-corrected chi connectivity index (χ1v) is 8.70. The molecule has 0 N–H and O–H groups in total. The van der Waals surface area contributed by atoms with Crippen LogP contribution in [-0.2, 0) is 10.2 Å². The van der Waals surface area contributed by atoms with Crippen molar-refractivity contribution in [1.82, 2.24) is 4.98 Å².